The maximum absolute atomic E-state index is 11.0. The average Bonchev–Trinajstić information content (AvgIpc) is 2.52. The molecule has 0 aromatic rings. The van der Waals surface area contributed by atoms with Gasteiger partial charge in [-0.2, -0.15) is 0 Å². The van der Waals surface area contributed by atoms with Crippen LogP contribution in [0.5, 0.6) is 0 Å². The fourth-order valence-electron chi connectivity index (χ4n) is 1.62. The average molecular weight is 198 g/mol. The van der Waals surface area contributed by atoms with E-state index in [1.54, 1.807) is 0 Å². The highest BCUT2D eigenvalue weighted by Gasteiger charge is 2.16. The third-order valence-corrected chi connectivity index (χ3v) is 2.34. The second-order valence-corrected chi connectivity index (χ2v) is 3.45. The van der Waals surface area contributed by atoms with E-state index in [4.69, 9.17) is 10.1 Å². The van der Waals surface area contributed by atoms with Crippen molar-refractivity contribution in [2.75, 3.05) is 19.7 Å². The summed E-state index contributed by atoms with van der Waals surface area (Å²) >= 11 is 0. The summed E-state index contributed by atoms with van der Waals surface area (Å²) in [4.78, 5) is 13.0. The lowest BCUT2D eigenvalue weighted by atomic mass is 10.3. The number of carbonyl (C=O) groups is 1. The van der Waals surface area contributed by atoms with Crippen LogP contribution >= 0.6 is 0 Å². The zero-order chi connectivity index (χ0) is 10.4. The minimum Gasteiger partial charge on any atom is -0.466 e. The molecule has 4 heteroatoms. The van der Waals surface area contributed by atoms with Gasteiger partial charge in [-0.15, -0.1) is 0 Å². The third-order valence-electron chi connectivity index (χ3n) is 2.34. The molecule has 1 rings (SSSR count). The Labute approximate surface area is 84.7 Å². The molecule has 0 saturated carbocycles. The molecule has 0 aromatic carbocycles. The van der Waals surface area contributed by atoms with Gasteiger partial charge < -0.3 is 9.64 Å². The minimum absolute atomic E-state index is 0.127. The summed E-state index contributed by atoms with van der Waals surface area (Å²) in [5, 5.41) is 7.58. The van der Waals surface area contributed by atoms with E-state index >= 15 is 0 Å². The van der Waals surface area contributed by atoms with Crippen molar-refractivity contribution in [3.63, 3.8) is 0 Å². The van der Waals surface area contributed by atoms with Gasteiger partial charge in [0.15, 0.2) is 0 Å². The number of rotatable bonds is 5. The molecule has 80 valence electrons. The fourth-order valence-corrected chi connectivity index (χ4v) is 1.62. The summed E-state index contributed by atoms with van der Waals surface area (Å²) in [5.74, 6) is 0.590. The Morgan fingerprint density at radius 2 is 2.43 bits per heavy atom. The first kappa shape index (κ1) is 11.0. The zero-order valence-corrected chi connectivity index (χ0v) is 8.71. The molecular weight excluding hydrogens is 180 g/mol. The van der Waals surface area contributed by atoms with E-state index in [0.29, 0.717) is 18.9 Å². The van der Waals surface area contributed by atoms with Gasteiger partial charge in [-0.25, -0.2) is 0 Å². The number of likely N-dealkylation sites (tertiary alicyclic amines) is 1. The van der Waals surface area contributed by atoms with Gasteiger partial charge in [-0.3, -0.25) is 10.2 Å². The van der Waals surface area contributed by atoms with Gasteiger partial charge in [0, 0.05) is 25.9 Å². The molecule has 0 amide bonds. The van der Waals surface area contributed by atoms with Gasteiger partial charge in [0.05, 0.1) is 12.4 Å². The minimum atomic E-state index is -0.127. The second-order valence-electron chi connectivity index (χ2n) is 3.45. The molecule has 4 nitrogen and oxygen atoms in total. The third kappa shape index (κ3) is 3.36. The quantitative estimate of drug-likeness (QED) is 0.679. The number of esters is 1. The molecule has 1 heterocycles. The smallest absolute Gasteiger partial charge is 0.305 e. The van der Waals surface area contributed by atoms with Crippen LogP contribution in [0.2, 0.25) is 0 Å². The van der Waals surface area contributed by atoms with E-state index < -0.39 is 0 Å². The standard InChI is InChI=1S/C10H18N2O2/c1-2-14-10(13)6-4-8-12-7-3-5-9(12)11/h11H,2-8H2,1H3. The molecule has 0 aliphatic carbocycles. The van der Waals surface area contributed by atoms with Gasteiger partial charge in [0.25, 0.3) is 0 Å². The predicted octanol–water partition coefficient (Wildman–Crippen LogP) is 1.40. The van der Waals surface area contributed by atoms with Crippen molar-refractivity contribution >= 4 is 11.8 Å². The van der Waals surface area contributed by atoms with E-state index in [2.05, 4.69) is 0 Å². The number of carbonyl (C=O) groups excluding carboxylic acids is 1. The normalized spacial score (nSPS) is 16.1. The van der Waals surface area contributed by atoms with Crippen molar-refractivity contribution in [3.8, 4) is 0 Å². The SMILES string of the molecule is CCOC(=O)CCCN1CCCC1=N. The van der Waals surface area contributed by atoms with Crippen LogP contribution < -0.4 is 0 Å². The van der Waals surface area contributed by atoms with E-state index in [0.717, 1.165) is 32.4 Å². The largest absolute Gasteiger partial charge is 0.466 e. The van der Waals surface area contributed by atoms with Gasteiger partial charge in [0.1, 0.15) is 0 Å². The second kappa shape index (κ2) is 5.62. The Morgan fingerprint density at radius 1 is 1.64 bits per heavy atom. The number of hydrogen-bond acceptors (Lipinski definition) is 3. The molecule has 0 radical (unpaired) electrons. The van der Waals surface area contributed by atoms with Crippen LogP contribution in [-0.2, 0) is 9.53 Å². The Balaban J connectivity index is 2.08. The first-order valence-electron chi connectivity index (χ1n) is 5.22. The maximum atomic E-state index is 11.0. The molecule has 0 unspecified atom stereocenters. The van der Waals surface area contributed by atoms with Crippen LogP contribution in [0.1, 0.15) is 32.6 Å². The van der Waals surface area contributed by atoms with Crippen LogP contribution in [0.4, 0.5) is 0 Å². The molecule has 0 aromatic heterocycles. The van der Waals surface area contributed by atoms with Crippen molar-refractivity contribution < 1.29 is 9.53 Å². The number of hydrogen-bond donors (Lipinski definition) is 1. The highest BCUT2D eigenvalue weighted by atomic mass is 16.5. The van der Waals surface area contributed by atoms with Gasteiger partial charge in [0.2, 0.25) is 0 Å². The van der Waals surface area contributed by atoms with Gasteiger partial charge in [-0.05, 0) is 19.8 Å². The molecular formula is C10H18N2O2. The first-order chi connectivity index (χ1) is 6.74. The maximum Gasteiger partial charge on any atom is 0.305 e. The van der Waals surface area contributed by atoms with E-state index in [-0.39, 0.29) is 5.97 Å². The molecule has 1 fully saturated rings. The predicted molar refractivity (Wildman–Crippen MR) is 54.4 cm³/mol. The monoisotopic (exact) mass is 198 g/mol. The fraction of sp³-hybridized carbons (Fsp3) is 0.800. The van der Waals surface area contributed by atoms with E-state index in [9.17, 15) is 4.79 Å². The lowest BCUT2D eigenvalue weighted by molar-refractivity contribution is -0.143. The van der Waals surface area contributed by atoms with Crippen molar-refractivity contribution in [2.45, 2.75) is 32.6 Å². The summed E-state index contributed by atoms with van der Waals surface area (Å²) < 4.78 is 4.82. The number of nitrogens with one attached hydrogen (secondary N) is 1. The Kier molecular flexibility index (Phi) is 4.43. The topological polar surface area (TPSA) is 53.4 Å². The number of ether oxygens (including phenoxy) is 1. The molecule has 14 heavy (non-hydrogen) atoms. The Bertz CT molecular complexity index is 216. The van der Waals surface area contributed by atoms with Crippen LogP contribution in [0.15, 0.2) is 0 Å². The van der Waals surface area contributed by atoms with Crippen LogP contribution in [0.3, 0.4) is 0 Å². The summed E-state index contributed by atoms with van der Waals surface area (Å²) in [6, 6.07) is 0. The summed E-state index contributed by atoms with van der Waals surface area (Å²) in [6.07, 6.45) is 3.23. The molecule has 0 atom stereocenters. The van der Waals surface area contributed by atoms with Gasteiger partial charge >= 0.3 is 5.97 Å². The molecule has 0 bridgehead atoms. The van der Waals surface area contributed by atoms with Crippen LogP contribution in [-0.4, -0.2) is 36.4 Å². The van der Waals surface area contributed by atoms with Crippen molar-refractivity contribution in [2.24, 2.45) is 0 Å². The number of nitrogens with zero attached hydrogens (tertiary/aromatic N) is 1. The lowest BCUT2D eigenvalue weighted by Crippen LogP contribution is -2.25. The Morgan fingerprint density at radius 3 is 3.00 bits per heavy atom. The number of amidine groups is 1. The van der Waals surface area contributed by atoms with Crippen LogP contribution in [0.25, 0.3) is 0 Å². The molecule has 1 N–H and O–H groups in total. The molecule has 1 aliphatic rings. The van der Waals surface area contributed by atoms with Gasteiger partial charge in [-0.1, -0.05) is 0 Å². The Hall–Kier alpha value is -1.06. The van der Waals surface area contributed by atoms with E-state index in [1.807, 2.05) is 11.8 Å². The van der Waals surface area contributed by atoms with Crippen molar-refractivity contribution in [3.05, 3.63) is 0 Å². The zero-order valence-electron chi connectivity index (χ0n) is 8.71. The summed E-state index contributed by atoms with van der Waals surface area (Å²) in [5.41, 5.74) is 0. The van der Waals surface area contributed by atoms with Crippen molar-refractivity contribution in [1.82, 2.24) is 4.90 Å². The summed E-state index contributed by atoms with van der Waals surface area (Å²) in [7, 11) is 0. The lowest BCUT2D eigenvalue weighted by Gasteiger charge is -2.16. The highest BCUT2D eigenvalue weighted by molar-refractivity contribution is 5.80. The van der Waals surface area contributed by atoms with Crippen molar-refractivity contribution in [1.29, 1.82) is 5.41 Å². The first-order valence-corrected chi connectivity index (χ1v) is 5.22. The highest BCUT2D eigenvalue weighted by Crippen LogP contribution is 2.10. The van der Waals surface area contributed by atoms with Crippen LogP contribution in [0, 0.1) is 5.41 Å². The molecule has 1 aliphatic heterocycles. The summed E-state index contributed by atoms with van der Waals surface area (Å²) in [6.45, 7) is 4.06. The molecule has 1 saturated heterocycles. The molecule has 0 spiro atoms. The van der Waals surface area contributed by atoms with E-state index in [1.165, 1.54) is 0 Å².